The summed E-state index contributed by atoms with van der Waals surface area (Å²) in [6, 6.07) is 3.74. The number of nitrogens with zero attached hydrogens (tertiary/aromatic N) is 2. The Kier molecular flexibility index (Phi) is 3.10. The number of methoxy groups -OCH3 is 1. The van der Waals surface area contributed by atoms with Gasteiger partial charge in [0.2, 0.25) is 0 Å². The van der Waals surface area contributed by atoms with Crippen LogP contribution >= 0.6 is 0 Å². The van der Waals surface area contributed by atoms with Crippen molar-refractivity contribution in [1.82, 2.24) is 9.55 Å². The van der Waals surface area contributed by atoms with E-state index < -0.39 is 5.97 Å². The van der Waals surface area contributed by atoms with Gasteiger partial charge in [-0.05, 0) is 26.0 Å². The Balaban J connectivity index is 2.34. The molecule has 96 valence electrons. The van der Waals surface area contributed by atoms with Gasteiger partial charge in [0.25, 0.3) is 0 Å². The molecule has 2 aromatic heterocycles. The Labute approximate surface area is 104 Å². The number of carbonyl (C=O) groups excluding carboxylic acids is 1. The Morgan fingerprint density at radius 1 is 1.50 bits per heavy atom. The van der Waals surface area contributed by atoms with Gasteiger partial charge in [0.1, 0.15) is 23.2 Å². The summed E-state index contributed by atoms with van der Waals surface area (Å²) in [6.45, 7) is 4.08. The fourth-order valence-corrected chi connectivity index (χ4v) is 1.75. The lowest BCUT2D eigenvalue weighted by molar-refractivity contribution is 0.0595. The lowest BCUT2D eigenvalue weighted by Crippen LogP contribution is -2.09. The van der Waals surface area contributed by atoms with Gasteiger partial charge in [-0.2, -0.15) is 0 Å². The number of ether oxygens (including phenoxy) is 1. The summed E-state index contributed by atoms with van der Waals surface area (Å²) >= 11 is 0. The first kappa shape index (κ1) is 12.2. The van der Waals surface area contributed by atoms with Crippen LogP contribution in [0.25, 0.3) is 0 Å². The molecule has 0 aliphatic heterocycles. The number of carbonyl (C=O) groups is 1. The molecule has 0 unspecified atom stereocenters. The summed E-state index contributed by atoms with van der Waals surface area (Å²) in [7, 11) is 1.30. The van der Waals surface area contributed by atoms with Gasteiger partial charge in [-0.1, -0.05) is 0 Å². The quantitative estimate of drug-likeness (QED) is 0.833. The summed E-state index contributed by atoms with van der Waals surface area (Å²) in [6.07, 6.45) is 0. The van der Waals surface area contributed by atoms with Crippen molar-refractivity contribution in [3.63, 3.8) is 0 Å². The molecule has 0 bridgehead atoms. The van der Waals surface area contributed by atoms with Crippen molar-refractivity contribution in [2.24, 2.45) is 0 Å². The van der Waals surface area contributed by atoms with Crippen molar-refractivity contribution in [3.05, 3.63) is 35.2 Å². The van der Waals surface area contributed by atoms with E-state index in [1.807, 2.05) is 19.1 Å². The van der Waals surface area contributed by atoms with E-state index in [0.717, 1.165) is 11.5 Å². The number of anilines is 1. The lowest BCUT2D eigenvalue weighted by Gasteiger charge is -2.05. The first-order valence-corrected chi connectivity index (χ1v) is 5.49. The number of hydrogen-bond acceptors (Lipinski definition) is 5. The van der Waals surface area contributed by atoms with Crippen molar-refractivity contribution in [2.45, 2.75) is 20.4 Å². The summed E-state index contributed by atoms with van der Waals surface area (Å²) < 4.78 is 11.8. The van der Waals surface area contributed by atoms with E-state index in [9.17, 15) is 4.79 Å². The first-order chi connectivity index (χ1) is 8.52. The van der Waals surface area contributed by atoms with Crippen LogP contribution in [0.15, 0.2) is 16.5 Å². The number of hydrogen-bond donors (Lipinski definition) is 1. The van der Waals surface area contributed by atoms with Crippen LogP contribution in [0.4, 0.5) is 5.82 Å². The van der Waals surface area contributed by atoms with E-state index >= 15 is 0 Å². The molecular formula is C12H15N3O3. The maximum absolute atomic E-state index is 11.5. The van der Waals surface area contributed by atoms with Crippen LogP contribution in [-0.4, -0.2) is 22.6 Å². The second-order valence-electron chi connectivity index (χ2n) is 3.98. The van der Waals surface area contributed by atoms with E-state index in [-0.39, 0.29) is 11.5 Å². The van der Waals surface area contributed by atoms with Crippen molar-refractivity contribution < 1.29 is 13.9 Å². The molecule has 0 radical (unpaired) electrons. The molecule has 6 nitrogen and oxygen atoms in total. The smallest absolute Gasteiger partial charge is 0.360 e. The minimum atomic E-state index is -0.537. The van der Waals surface area contributed by atoms with Gasteiger partial charge in [-0.3, -0.25) is 0 Å². The van der Waals surface area contributed by atoms with E-state index in [1.54, 1.807) is 11.5 Å². The molecule has 0 saturated carbocycles. The van der Waals surface area contributed by atoms with Crippen molar-refractivity contribution in [3.8, 4) is 0 Å². The zero-order valence-corrected chi connectivity index (χ0v) is 10.6. The number of esters is 1. The van der Waals surface area contributed by atoms with Gasteiger partial charge < -0.3 is 19.5 Å². The molecule has 6 heteroatoms. The van der Waals surface area contributed by atoms with Gasteiger partial charge in [-0.15, -0.1) is 0 Å². The van der Waals surface area contributed by atoms with Gasteiger partial charge in [0, 0.05) is 0 Å². The van der Waals surface area contributed by atoms with Crippen LogP contribution in [0.1, 0.15) is 27.8 Å². The van der Waals surface area contributed by atoms with E-state index in [2.05, 4.69) is 9.72 Å². The minimum absolute atomic E-state index is 0.137. The topological polar surface area (TPSA) is 83.3 Å². The molecule has 0 saturated heterocycles. The van der Waals surface area contributed by atoms with Gasteiger partial charge in [-0.25, -0.2) is 9.78 Å². The molecular weight excluding hydrogens is 234 g/mol. The molecule has 0 aliphatic carbocycles. The molecule has 0 atom stereocenters. The highest BCUT2D eigenvalue weighted by Gasteiger charge is 2.19. The minimum Gasteiger partial charge on any atom is -0.464 e. The summed E-state index contributed by atoms with van der Waals surface area (Å²) in [4.78, 5) is 15.6. The molecule has 2 heterocycles. The van der Waals surface area contributed by atoms with Crippen LogP contribution in [0.3, 0.4) is 0 Å². The second kappa shape index (κ2) is 4.56. The van der Waals surface area contributed by atoms with Gasteiger partial charge in [0.15, 0.2) is 5.69 Å². The Bertz CT molecular complexity index is 583. The fraction of sp³-hybridized carbons (Fsp3) is 0.333. The largest absolute Gasteiger partial charge is 0.464 e. The summed E-state index contributed by atoms with van der Waals surface area (Å²) in [5.41, 5.74) is 6.03. The average molecular weight is 249 g/mol. The maximum atomic E-state index is 11.5. The monoisotopic (exact) mass is 249 g/mol. The highest BCUT2D eigenvalue weighted by Crippen LogP contribution is 2.18. The Morgan fingerprint density at radius 3 is 2.78 bits per heavy atom. The number of aryl methyl sites for hydroxylation is 2. The molecule has 0 fully saturated rings. The van der Waals surface area contributed by atoms with Crippen LogP contribution in [0.2, 0.25) is 0 Å². The average Bonchev–Trinajstić information content (AvgIpc) is 2.87. The molecule has 2 N–H and O–H groups in total. The van der Waals surface area contributed by atoms with Crippen LogP contribution in [0, 0.1) is 13.8 Å². The molecule has 0 spiro atoms. The van der Waals surface area contributed by atoms with Crippen molar-refractivity contribution >= 4 is 11.8 Å². The van der Waals surface area contributed by atoms with Gasteiger partial charge >= 0.3 is 5.97 Å². The predicted molar refractivity (Wildman–Crippen MR) is 65.3 cm³/mol. The van der Waals surface area contributed by atoms with Crippen LogP contribution in [0.5, 0.6) is 0 Å². The highest BCUT2D eigenvalue weighted by atomic mass is 16.5. The van der Waals surface area contributed by atoms with E-state index in [4.69, 9.17) is 10.2 Å². The van der Waals surface area contributed by atoms with Crippen molar-refractivity contribution in [1.29, 1.82) is 0 Å². The number of nitrogens with two attached hydrogens (primary N) is 1. The molecule has 2 aromatic rings. The molecule has 18 heavy (non-hydrogen) atoms. The fourth-order valence-electron chi connectivity index (χ4n) is 1.75. The zero-order valence-electron chi connectivity index (χ0n) is 10.6. The molecule has 2 rings (SSSR count). The predicted octanol–water partition coefficient (Wildman–Crippen LogP) is 1.51. The van der Waals surface area contributed by atoms with Crippen LogP contribution < -0.4 is 5.73 Å². The molecule has 0 aliphatic rings. The SMILES string of the molecule is COC(=O)c1nc(C)n(Cc2ccc(C)o2)c1N. The normalized spacial score (nSPS) is 10.6. The first-order valence-electron chi connectivity index (χ1n) is 5.49. The maximum Gasteiger partial charge on any atom is 0.360 e. The van der Waals surface area contributed by atoms with E-state index in [0.29, 0.717) is 12.4 Å². The summed E-state index contributed by atoms with van der Waals surface area (Å²) in [5, 5.41) is 0. The number of aromatic nitrogens is 2. The lowest BCUT2D eigenvalue weighted by atomic mass is 10.4. The number of imidazole rings is 1. The highest BCUT2D eigenvalue weighted by molar-refractivity contribution is 5.92. The third-order valence-corrected chi connectivity index (χ3v) is 2.69. The third kappa shape index (κ3) is 2.09. The summed E-state index contributed by atoms with van der Waals surface area (Å²) in [5.74, 6) is 1.98. The second-order valence-corrected chi connectivity index (χ2v) is 3.98. The molecule has 0 aromatic carbocycles. The zero-order chi connectivity index (χ0) is 13.3. The number of rotatable bonds is 3. The Morgan fingerprint density at radius 2 is 2.22 bits per heavy atom. The number of furan rings is 1. The standard InChI is InChI=1S/C12H15N3O3/c1-7-4-5-9(18-7)6-15-8(2)14-10(11(15)13)12(16)17-3/h4-5H,6,13H2,1-3H3. The van der Waals surface area contributed by atoms with Crippen molar-refractivity contribution in [2.75, 3.05) is 12.8 Å². The van der Waals surface area contributed by atoms with Crippen LogP contribution in [-0.2, 0) is 11.3 Å². The number of nitrogen functional groups attached to an aromatic ring is 1. The molecule has 0 amide bonds. The third-order valence-electron chi connectivity index (χ3n) is 2.69. The Hall–Kier alpha value is -2.24. The van der Waals surface area contributed by atoms with Gasteiger partial charge in [0.05, 0.1) is 13.7 Å². The van der Waals surface area contributed by atoms with E-state index in [1.165, 1.54) is 7.11 Å².